The molecular formula is C12H20N6OS. The summed E-state index contributed by atoms with van der Waals surface area (Å²) in [5.41, 5.74) is 11.0. The molecule has 1 aromatic rings. The Morgan fingerprint density at radius 2 is 1.75 bits per heavy atom. The molecule has 0 bridgehead atoms. The number of likely N-dealkylation sites (tertiary alicyclic amines) is 1. The van der Waals surface area contributed by atoms with E-state index in [1.165, 1.54) is 18.2 Å². The van der Waals surface area contributed by atoms with Crippen LogP contribution >= 0.6 is 11.8 Å². The van der Waals surface area contributed by atoms with Crippen LogP contribution < -0.4 is 11.5 Å². The van der Waals surface area contributed by atoms with Gasteiger partial charge in [-0.1, -0.05) is 25.6 Å². The number of nitrogen functional groups attached to an aromatic ring is 2. The van der Waals surface area contributed by atoms with E-state index in [4.69, 9.17) is 11.5 Å². The van der Waals surface area contributed by atoms with E-state index in [0.717, 1.165) is 13.1 Å². The van der Waals surface area contributed by atoms with E-state index >= 15 is 0 Å². The number of thioether (sulfide) groups is 1. The third-order valence-corrected chi connectivity index (χ3v) is 4.03. The second-order valence-corrected chi connectivity index (χ2v) is 6.31. The van der Waals surface area contributed by atoms with Gasteiger partial charge in [-0.25, -0.2) is 0 Å². The summed E-state index contributed by atoms with van der Waals surface area (Å²) in [6.07, 6.45) is 1.18. The van der Waals surface area contributed by atoms with E-state index in [9.17, 15) is 4.79 Å². The number of amides is 1. The molecule has 0 aromatic carbocycles. The topological polar surface area (TPSA) is 111 Å². The fourth-order valence-corrected chi connectivity index (χ4v) is 3.29. The van der Waals surface area contributed by atoms with Gasteiger partial charge in [0.1, 0.15) is 0 Å². The van der Waals surface area contributed by atoms with Crippen molar-refractivity contribution < 1.29 is 4.79 Å². The van der Waals surface area contributed by atoms with Crippen molar-refractivity contribution >= 4 is 29.6 Å². The maximum atomic E-state index is 12.2. The molecule has 8 heteroatoms. The summed E-state index contributed by atoms with van der Waals surface area (Å²) in [4.78, 5) is 25.7. The van der Waals surface area contributed by atoms with Crippen LogP contribution in [0.3, 0.4) is 0 Å². The van der Waals surface area contributed by atoms with Gasteiger partial charge < -0.3 is 16.4 Å². The summed E-state index contributed by atoms with van der Waals surface area (Å²) in [6, 6.07) is 0. The quantitative estimate of drug-likeness (QED) is 0.787. The van der Waals surface area contributed by atoms with E-state index in [2.05, 4.69) is 28.8 Å². The Balaban J connectivity index is 1.91. The first-order valence-electron chi connectivity index (χ1n) is 6.61. The molecule has 0 aliphatic carbocycles. The maximum absolute atomic E-state index is 12.2. The van der Waals surface area contributed by atoms with Crippen molar-refractivity contribution in [3.05, 3.63) is 0 Å². The molecule has 1 aliphatic heterocycles. The molecule has 1 fully saturated rings. The minimum atomic E-state index is 0.0765. The molecule has 1 saturated heterocycles. The molecule has 0 radical (unpaired) electrons. The predicted molar refractivity (Wildman–Crippen MR) is 78.9 cm³/mol. The van der Waals surface area contributed by atoms with Crippen LogP contribution in [0.1, 0.15) is 20.3 Å². The molecule has 20 heavy (non-hydrogen) atoms. The van der Waals surface area contributed by atoms with Crippen molar-refractivity contribution in [2.45, 2.75) is 25.4 Å². The molecule has 0 spiro atoms. The standard InChI is InChI=1S/C12H20N6OS/c1-7-3-8(2)5-18(4-7)9(19)6-20-12-16-10(13)15-11(14)17-12/h7-8H,3-6H2,1-2H3,(H4,13,14,15,16,17)/t7-,8-/m0/s1. The largest absolute Gasteiger partial charge is 0.368 e. The smallest absolute Gasteiger partial charge is 0.233 e. The van der Waals surface area contributed by atoms with Gasteiger partial charge in [-0.3, -0.25) is 4.79 Å². The molecular weight excluding hydrogens is 276 g/mol. The highest BCUT2D eigenvalue weighted by Crippen LogP contribution is 2.22. The lowest BCUT2D eigenvalue weighted by Crippen LogP contribution is -2.43. The Morgan fingerprint density at radius 3 is 2.30 bits per heavy atom. The van der Waals surface area contributed by atoms with Crippen LogP contribution in [-0.4, -0.2) is 44.6 Å². The Labute approximate surface area is 122 Å². The molecule has 2 rings (SSSR count). The van der Waals surface area contributed by atoms with E-state index in [-0.39, 0.29) is 17.8 Å². The zero-order valence-electron chi connectivity index (χ0n) is 11.7. The summed E-state index contributed by atoms with van der Waals surface area (Å²) in [6.45, 7) is 6.00. The fourth-order valence-electron chi connectivity index (χ4n) is 2.54. The number of carbonyl (C=O) groups is 1. The molecule has 0 unspecified atom stereocenters. The molecule has 1 aromatic heterocycles. The lowest BCUT2D eigenvalue weighted by molar-refractivity contribution is -0.130. The zero-order chi connectivity index (χ0) is 14.7. The van der Waals surface area contributed by atoms with Gasteiger partial charge in [-0.2, -0.15) is 15.0 Å². The summed E-state index contributed by atoms with van der Waals surface area (Å²) in [5.74, 6) is 1.65. The second kappa shape index (κ2) is 6.25. The minimum absolute atomic E-state index is 0.0765. The minimum Gasteiger partial charge on any atom is -0.368 e. The van der Waals surface area contributed by atoms with Gasteiger partial charge in [0.05, 0.1) is 5.75 Å². The third kappa shape index (κ3) is 3.96. The Bertz CT molecular complexity index is 467. The first kappa shape index (κ1) is 14.8. The van der Waals surface area contributed by atoms with Crippen LogP contribution in [0.25, 0.3) is 0 Å². The lowest BCUT2D eigenvalue weighted by atomic mass is 9.92. The van der Waals surface area contributed by atoms with Crippen LogP contribution in [-0.2, 0) is 4.79 Å². The first-order valence-corrected chi connectivity index (χ1v) is 7.60. The summed E-state index contributed by atoms with van der Waals surface area (Å²) < 4.78 is 0. The predicted octanol–water partition coefficient (Wildman–Crippen LogP) is 0.633. The molecule has 0 saturated carbocycles. The number of rotatable bonds is 3. The number of nitrogens with zero attached hydrogens (tertiary/aromatic N) is 4. The van der Waals surface area contributed by atoms with Crippen LogP contribution in [0.2, 0.25) is 0 Å². The van der Waals surface area contributed by atoms with Crippen molar-refractivity contribution in [3.63, 3.8) is 0 Å². The van der Waals surface area contributed by atoms with Crippen molar-refractivity contribution in [1.29, 1.82) is 0 Å². The van der Waals surface area contributed by atoms with Crippen LogP contribution in [0.5, 0.6) is 0 Å². The summed E-state index contributed by atoms with van der Waals surface area (Å²) >= 11 is 1.24. The number of anilines is 2. The van der Waals surface area contributed by atoms with E-state index in [1.54, 1.807) is 0 Å². The lowest BCUT2D eigenvalue weighted by Gasteiger charge is -2.34. The Kier molecular flexibility index (Phi) is 4.64. The summed E-state index contributed by atoms with van der Waals surface area (Å²) in [7, 11) is 0. The van der Waals surface area contributed by atoms with E-state index < -0.39 is 0 Å². The third-order valence-electron chi connectivity index (χ3n) is 3.20. The van der Waals surface area contributed by atoms with Gasteiger partial charge in [-0.15, -0.1) is 0 Å². The van der Waals surface area contributed by atoms with Crippen molar-refractivity contribution in [2.75, 3.05) is 30.3 Å². The highest BCUT2D eigenvalue weighted by molar-refractivity contribution is 7.99. The van der Waals surface area contributed by atoms with Crippen LogP contribution in [0.4, 0.5) is 11.9 Å². The van der Waals surface area contributed by atoms with Crippen LogP contribution in [0.15, 0.2) is 5.16 Å². The molecule has 2 atom stereocenters. The van der Waals surface area contributed by atoms with Crippen molar-refractivity contribution in [1.82, 2.24) is 19.9 Å². The maximum Gasteiger partial charge on any atom is 0.233 e. The average Bonchev–Trinajstić information content (AvgIpc) is 2.33. The molecule has 110 valence electrons. The van der Waals surface area contributed by atoms with Gasteiger partial charge in [0.25, 0.3) is 0 Å². The normalized spacial score (nSPS) is 22.8. The fraction of sp³-hybridized carbons (Fsp3) is 0.667. The first-order chi connectivity index (χ1) is 9.44. The summed E-state index contributed by atoms with van der Waals surface area (Å²) in [5, 5.41) is 0.390. The monoisotopic (exact) mass is 296 g/mol. The highest BCUT2D eigenvalue weighted by atomic mass is 32.2. The van der Waals surface area contributed by atoms with Gasteiger partial charge in [0.2, 0.25) is 17.8 Å². The highest BCUT2D eigenvalue weighted by Gasteiger charge is 2.25. The van der Waals surface area contributed by atoms with Gasteiger partial charge in [0, 0.05) is 13.1 Å². The average molecular weight is 296 g/mol. The molecule has 2 heterocycles. The van der Waals surface area contributed by atoms with Crippen molar-refractivity contribution in [3.8, 4) is 0 Å². The Hall–Kier alpha value is -1.57. The van der Waals surface area contributed by atoms with Crippen LogP contribution in [0, 0.1) is 11.8 Å². The molecule has 7 nitrogen and oxygen atoms in total. The van der Waals surface area contributed by atoms with E-state index in [0.29, 0.717) is 22.7 Å². The molecule has 1 amide bonds. The zero-order valence-corrected chi connectivity index (χ0v) is 12.6. The van der Waals surface area contributed by atoms with Gasteiger partial charge >= 0.3 is 0 Å². The SMILES string of the molecule is C[C@H]1C[C@H](C)CN(C(=O)CSc2nc(N)nc(N)n2)C1. The van der Waals surface area contributed by atoms with Gasteiger partial charge in [-0.05, 0) is 18.3 Å². The number of carbonyl (C=O) groups excluding carboxylic acids is 1. The Morgan fingerprint density at radius 1 is 1.20 bits per heavy atom. The second-order valence-electron chi connectivity index (χ2n) is 5.37. The number of nitrogens with two attached hydrogens (primary N) is 2. The van der Waals surface area contributed by atoms with E-state index in [1.807, 2.05) is 4.90 Å². The number of aromatic nitrogens is 3. The molecule has 1 aliphatic rings. The number of hydrogen-bond donors (Lipinski definition) is 2. The molecule has 4 N–H and O–H groups in total. The van der Waals surface area contributed by atoms with Crippen molar-refractivity contribution in [2.24, 2.45) is 11.8 Å². The van der Waals surface area contributed by atoms with Gasteiger partial charge in [0.15, 0.2) is 5.16 Å². The number of hydrogen-bond acceptors (Lipinski definition) is 7. The number of piperidine rings is 1.